The fourth-order valence-electron chi connectivity index (χ4n) is 3.38. The summed E-state index contributed by atoms with van der Waals surface area (Å²) in [5, 5.41) is 6.78. The highest BCUT2D eigenvalue weighted by Crippen LogP contribution is 2.24. The molecule has 0 unspecified atom stereocenters. The van der Waals surface area contributed by atoms with E-state index >= 15 is 0 Å². The van der Waals surface area contributed by atoms with Crippen molar-refractivity contribution >= 4 is 21.6 Å². The van der Waals surface area contributed by atoms with E-state index < -0.39 is 10.0 Å². The van der Waals surface area contributed by atoms with Crippen molar-refractivity contribution in [3.63, 3.8) is 0 Å². The van der Waals surface area contributed by atoms with E-state index in [1.807, 2.05) is 38.1 Å². The highest BCUT2D eigenvalue weighted by molar-refractivity contribution is 7.89. The second kappa shape index (κ2) is 11.3. The zero-order valence-electron chi connectivity index (χ0n) is 19.9. The monoisotopic (exact) mass is 486 g/mol. The van der Waals surface area contributed by atoms with E-state index in [1.165, 1.54) is 10.4 Å². The van der Waals surface area contributed by atoms with Crippen LogP contribution in [0.4, 0.5) is 5.69 Å². The van der Waals surface area contributed by atoms with Gasteiger partial charge in [-0.05, 0) is 55.8 Å². The Kier molecular flexibility index (Phi) is 8.41. The summed E-state index contributed by atoms with van der Waals surface area (Å²) < 4.78 is 37.7. The van der Waals surface area contributed by atoms with Crippen molar-refractivity contribution < 1.29 is 22.5 Å². The molecule has 0 atom stereocenters. The largest absolute Gasteiger partial charge is 0.494 e. The molecule has 3 aromatic rings. The topological polar surface area (TPSA) is 115 Å². The van der Waals surface area contributed by atoms with Crippen LogP contribution in [0.1, 0.15) is 38.6 Å². The first-order valence-electron chi connectivity index (χ1n) is 11.2. The predicted molar refractivity (Wildman–Crippen MR) is 129 cm³/mol. The Morgan fingerprint density at radius 3 is 2.44 bits per heavy atom. The van der Waals surface area contributed by atoms with Crippen molar-refractivity contribution in [2.45, 2.75) is 45.4 Å². The second-order valence-electron chi connectivity index (χ2n) is 7.58. The third kappa shape index (κ3) is 6.00. The average Bonchev–Trinajstić information content (AvgIpc) is 3.29. The number of nitrogens with zero attached hydrogens (tertiary/aromatic N) is 3. The molecule has 1 heterocycles. The molecule has 34 heavy (non-hydrogen) atoms. The number of amides is 1. The number of ether oxygens (including phenoxy) is 1. The normalized spacial score (nSPS) is 11.6. The van der Waals surface area contributed by atoms with Crippen LogP contribution in [-0.2, 0) is 21.2 Å². The Morgan fingerprint density at radius 1 is 1.09 bits per heavy atom. The zero-order chi connectivity index (χ0) is 24.7. The first kappa shape index (κ1) is 25.4. The molecule has 0 aliphatic rings. The smallest absolute Gasteiger partial charge is 0.243 e. The molecule has 182 valence electrons. The predicted octanol–water partition coefficient (Wildman–Crippen LogP) is 4.05. The van der Waals surface area contributed by atoms with Crippen LogP contribution in [0.2, 0.25) is 0 Å². The van der Waals surface area contributed by atoms with Gasteiger partial charge in [0.25, 0.3) is 0 Å². The van der Waals surface area contributed by atoms with E-state index in [0.717, 1.165) is 16.9 Å². The maximum absolute atomic E-state index is 12.8. The summed E-state index contributed by atoms with van der Waals surface area (Å²) in [7, 11) is -3.62. The van der Waals surface area contributed by atoms with Gasteiger partial charge in [-0.1, -0.05) is 25.1 Å². The average molecular weight is 487 g/mol. The van der Waals surface area contributed by atoms with Crippen molar-refractivity contribution in [3.8, 4) is 17.1 Å². The minimum Gasteiger partial charge on any atom is -0.494 e. The van der Waals surface area contributed by atoms with E-state index in [2.05, 4.69) is 15.5 Å². The Morgan fingerprint density at radius 2 is 1.79 bits per heavy atom. The minimum absolute atomic E-state index is 0.109. The summed E-state index contributed by atoms with van der Waals surface area (Å²) in [6.45, 7) is 8.64. The van der Waals surface area contributed by atoms with E-state index in [9.17, 15) is 13.2 Å². The van der Waals surface area contributed by atoms with Crippen LogP contribution in [-0.4, -0.2) is 48.5 Å². The molecular formula is C24H30N4O5S. The van der Waals surface area contributed by atoms with Crippen LogP contribution in [0.15, 0.2) is 51.9 Å². The molecule has 1 N–H and O–H groups in total. The molecule has 0 aliphatic carbocycles. The van der Waals surface area contributed by atoms with E-state index in [-0.39, 0.29) is 23.6 Å². The van der Waals surface area contributed by atoms with Gasteiger partial charge in [0, 0.05) is 37.2 Å². The summed E-state index contributed by atoms with van der Waals surface area (Å²) in [4.78, 5) is 17.0. The lowest BCUT2D eigenvalue weighted by molar-refractivity contribution is -0.116. The van der Waals surface area contributed by atoms with Crippen molar-refractivity contribution in [1.29, 1.82) is 0 Å². The summed E-state index contributed by atoms with van der Waals surface area (Å²) in [6.07, 6.45) is 0.365. The van der Waals surface area contributed by atoms with Crippen LogP contribution < -0.4 is 10.1 Å². The molecule has 0 radical (unpaired) electrons. The van der Waals surface area contributed by atoms with Gasteiger partial charge in [-0.2, -0.15) is 9.29 Å². The third-order valence-electron chi connectivity index (χ3n) is 5.28. The van der Waals surface area contributed by atoms with Gasteiger partial charge in [-0.15, -0.1) is 0 Å². The van der Waals surface area contributed by atoms with Gasteiger partial charge in [-0.3, -0.25) is 4.79 Å². The quantitative estimate of drug-likeness (QED) is 0.435. The number of aromatic nitrogens is 2. The van der Waals surface area contributed by atoms with Gasteiger partial charge in [0.15, 0.2) is 0 Å². The zero-order valence-corrected chi connectivity index (χ0v) is 20.7. The molecule has 0 spiro atoms. The number of nitrogens with one attached hydrogen (secondary N) is 1. The lowest BCUT2D eigenvalue weighted by Crippen LogP contribution is -2.30. The highest BCUT2D eigenvalue weighted by Gasteiger charge is 2.22. The number of benzene rings is 2. The first-order valence-corrected chi connectivity index (χ1v) is 12.7. The number of aryl methyl sites for hydroxylation is 2. The summed E-state index contributed by atoms with van der Waals surface area (Å²) in [5.74, 6) is 1.26. The van der Waals surface area contributed by atoms with Crippen molar-refractivity contribution in [2.24, 2.45) is 0 Å². The Balaban J connectivity index is 1.63. The number of sulfonamides is 1. The van der Waals surface area contributed by atoms with Gasteiger partial charge >= 0.3 is 0 Å². The minimum atomic E-state index is -3.62. The van der Waals surface area contributed by atoms with E-state index in [1.54, 1.807) is 26.0 Å². The van der Waals surface area contributed by atoms with Crippen molar-refractivity contribution in [2.75, 3.05) is 25.0 Å². The van der Waals surface area contributed by atoms with Crippen LogP contribution in [0.5, 0.6) is 5.75 Å². The van der Waals surface area contributed by atoms with E-state index in [0.29, 0.717) is 37.1 Å². The molecule has 0 fully saturated rings. The van der Waals surface area contributed by atoms with Crippen molar-refractivity contribution in [3.05, 3.63) is 53.9 Å². The standard InChI is InChI=1S/C24H30N4O5S/c1-5-28(6-2)34(30,31)20-13-8-17(4)21(16-20)25-22(29)14-15-23-26-24(27-33-23)18-9-11-19(12-10-18)32-7-3/h8-13,16H,5-7,14-15H2,1-4H3,(H,25,29). The van der Waals surface area contributed by atoms with Crippen LogP contribution in [0.25, 0.3) is 11.4 Å². The Hall–Kier alpha value is -3.24. The number of rotatable bonds is 11. The number of anilines is 1. The van der Waals surface area contributed by atoms with Crippen LogP contribution in [0, 0.1) is 6.92 Å². The summed E-state index contributed by atoms with van der Waals surface area (Å²) in [6, 6.07) is 12.1. The summed E-state index contributed by atoms with van der Waals surface area (Å²) >= 11 is 0. The van der Waals surface area contributed by atoms with Gasteiger partial charge < -0.3 is 14.6 Å². The molecule has 2 aromatic carbocycles. The SMILES string of the molecule is CCOc1ccc(-c2noc(CCC(=O)Nc3cc(S(=O)(=O)N(CC)CC)ccc3C)n2)cc1. The molecular weight excluding hydrogens is 456 g/mol. The molecule has 1 aromatic heterocycles. The van der Waals surface area contributed by atoms with Gasteiger partial charge in [0.05, 0.1) is 11.5 Å². The maximum atomic E-state index is 12.8. The molecule has 3 rings (SSSR count). The number of hydrogen-bond acceptors (Lipinski definition) is 7. The molecule has 0 aliphatic heterocycles. The Labute approximate surface area is 200 Å². The highest BCUT2D eigenvalue weighted by atomic mass is 32.2. The Bertz CT molecular complexity index is 1220. The molecule has 0 saturated carbocycles. The van der Waals surface area contributed by atoms with Gasteiger partial charge in [0.1, 0.15) is 5.75 Å². The fourth-order valence-corrected chi connectivity index (χ4v) is 4.87. The fraction of sp³-hybridized carbons (Fsp3) is 0.375. The van der Waals surface area contributed by atoms with Crippen LogP contribution in [0.3, 0.4) is 0 Å². The lowest BCUT2D eigenvalue weighted by Gasteiger charge is -2.19. The van der Waals surface area contributed by atoms with Gasteiger partial charge in [0.2, 0.25) is 27.6 Å². The molecule has 0 bridgehead atoms. The maximum Gasteiger partial charge on any atom is 0.243 e. The summed E-state index contributed by atoms with van der Waals surface area (Å²) in [5.41, 5.74) is 2.01. The molecule has 10 heteroatoms. The second-order valence-corrected chi connectivity index (χ2v) is 9.52. The molecule has 9 nitrogen and oxygen atoms in total. The first-order chi connectivity index (χ1) is 16.3. The van der Waals surface area contributed by atoms with Crippen molar-refractivity contribution in [1.82, 2.24) is 14.4 Å². The van der Waals surface area contributed by atoms with Gasteiger partial charge in [-0.25, -0.2) is 8.42 Å². The molecule has 1 amide bonds. The van der Waals surface area contributed by atoms with E-state index in [4.69, 9.17) is 9.26 Å². The lowest BCUT2D eigenvalue weighted by atomic mass is 10.2. The number of hydrogen-bond donors (Lipinski definition) is 1. The number of carbonyl (C=O) groups is 1. The number of carbonyl (C=O) groups excluding carboxylic acids is 1. The third-order valence-corrected chi connectivity index (χ3v) is 7.33. The van der Waals surface area contributed by atoms with Crippen LogP contribution >= 0.6 is 0 Å². The molecule has 0 saturated heterocycles.